The number of anilines is 1. The van der Waals surface area contributed by atoms with Crippen LogP contribution in [0.5, 0.6) is 0 Å². The number of benzene rings is 1. The van der Waals surface area contributed by atoms with Crippen LogP contribution in [-0.4, -0.2) is 43.1 Å². The summed E-state index contributed by atoms with van der Waals surface area (Å²) >= 11 is 0. The maximum absolute atomic E-state index is 12.8. The van der Waals surface area contributed by atoms with Crippen molar-refractivity contribution >= 4 is 22.5 Å². The molecule has 1 amide bonds. The van der Waals surface area contributed by atoms with Gasteiger partial charge in [0, 0.05) is 36.4 Å². The predicted molar refractivity (Wildman–Crippen MR) is 117 cm³/mol. The van der Waals surface area contributed by atoms with Gasteiger partial charge in [-0.3, -0.25) is 9.78 Å². The second-order valence-corrected chi connectivity index (χ2v) is 8.08. The number of nitriles is 1. The van der Waals surface area contributed by atoms with Crippen LogP contribution in [0, 0.1) is 17.2 Å². The highest BCUT2D eigenvalue weighted by atomic mass is 16.2. The summed E-state index contributed by atoms with van der Waals surface area (Å²) in [6.07, 6.45) is 5.68. The standard InChI is InChI=1S/C23H31N5O/c1-4-5-8-20(25-3)23(29)27-18-12-16(2)14-28(15-18)21-10-9-17(13-24)22-19(21)7-6-11-26-22/h6-7,9-11,16,18,20,25H,4-5,8,12,14-15H2,1-3H3,(H,27,29)/t16-,18+,20-/m0/s1. The lowest BCUT2D eigenvalue weighted by Gasteiger charge is -2.39. The van der Waals surface area contributed by atoms with Crippen LogP contribution in [0.1, 0.15) is 45.1 Å². The lowest BCUT2D eigenvalue weighted by Crippen LogP contribution is -2.54. The number of hydrogen-bond acceptors (Lipinski definition) is 5. The van der Waals surface area contributed by atoms with Crippen LogP contribution in [0.3, 0.4) is 0 Å². The zero-order valence-corrected chi connectivity index (χ0v) is 17.6. The summed E-state index contributed by atoms with van der Waals surface area (Å²) in [5.41, 5.74) is 2.40. The number of nitrogens with zero attached hydrogens (tertiary/aromatic N) is 3. The first-order chi connectivity index (χ1) is 14.1. The van der Waals surface area contributed by atoms with Gasteiger partial charge in [0.25, 0.3) is 0 Å². The Balaban J connectivity index is 1.79. The number of fused-ring (bicyclic) bond motifs is 1. The minimum absolute atomic E-state index is 0.0892. The van der Waals surface area contributed by atoms with E-state index in [1.807, 2.05) is 31.3 Å². The molecule has 1 aliphatic heterocycles. The van der Waals surface area contributed by atoms with Crippen molar-refractivity contribution in [1.82, 2.24) is 15.6 Å². The Morgan fingerprint density at radius 2 is 2.21 bits per heavy atom. The summed E-state index contributed by atoms with van der Waals surface area (Å²) < 4.78 is 0. The third kappa shape index (κ3) is 4.86. The number of carbonyl (C=O) groups is 1. The molecule has 1 fully saturated rings. The average molecular weight is 394 g/mol. The van der Waals surface area contributed by atoms with Crippen LogP contribution in [0.2, 0.25) is 0 Å². The molecule has 0 aliphatic carbocycles. The molecular formula is C23H31N5O. The maximum atomic E-state index is 12.8. The molecule has 1 aliphatic rings. The van der Waals surface area contributed by atoms with Gasteiger partial charge in [-0.15, -0.1) is 0 Å². The number of rotatable bonds is 7. The van der Waals surface area contributed by atoms with Gasteiger partial charge in [-0.2, -0.15) is 5.26 Å². The van der Waals surface area contributed by atoms with Gasteiger partial charge in [0.1, 0.15) is 6.07 Å². The van der Waals surface area contributed by atoms with E-state index in [1.165, 1.54) is 0 Å². The summed E-state index contributed by atoms with van der Waals surface area (Å²) in [6, 6.07) is 9.99. The summed E-state index contributed by atoms with van der Waals surface area (Å²) in [4.78, 5) is 19.5. The van der Waals surface area contributed by atoms with E-state index in [1.54, 1.807) is 6.20 Å². The van der Waals surface area contributed by atoms with Crippen molar-refractivity contribution in [2.75, 3.05) is 25.0 Å². The molecule has 3 atom stereocenters. The fourth-order valence-corrected chi connectivity index (χ4v) is 4.29. The van der Waals surface area contributed by atoms with Crippen LogP contribution >= 0.6 is 0 Å². The van der Waals surface area contributed by atoms with E-state index in [-0.39, 0.29) is 18.0 Å². The van der Waals surface area contributed by atoms with Crippen molar-refractivity contribution in [3.05, 3.63) is 36.0 Å². The number of unbranched alkanes of at least 4 members (excludes halogenated alkanes) is 1. The number of pyridine rings is 1. The average Bonchev–Trinajstić information content (AvgIpc) is 2.73. The van der Waals surface area contributed by atoms with Crippen molar-refractivity contribution in [1.29, 1.82) is 5.26 Å². The summed E-state index contributed by atoms with van der Waals surface area (Å²) in [5, 5.41) is 16.8. The predicted octanol–water partition coefficient (Wildman–Crippen LogP) is 3.22. The van der Waals surface area contributed by atoms with Gasteiger partial charge in [-0.25, -0.2) is 0 Å². The van der Waals surface area contributed by atoms with Gasteiger partial charge in [0.05, 0.1) is 17.1 Å². The molecule has 2 N–H and O–H groups in total. The number of aromatic nitrogens is 1. The molecule has 3 rings (SSSR count). The largest absolute Gasteiger partial charge is 0.369 e. The summed E-state index contributed by atoms with van der Waals surface area (Å²) in [7, 11) is 1.85. The third-order valence-electron chi connectivity index (χ3n) is 5.73. The third-order valence-corrected chi connectivity index (χ3v) is 5.73. The van der Waals surface area contributed by atoms with Crippen molar-refractivity contribution in [2.45, 2.75) is 51.6 Å². The molecule has 2 heterocycles. The van der Waals surface area contributed by atoms with Crippen molar-refractivity contribution in [3.8, 4) is 6.07 Å². The lowest BCUT2D eigenvalue weighted by molar-refractivity contribution is -0.124. The maximum Gasteiger partial charge on any atom is 0.237 e. The smallest absolute Gasteiger partial charge is 0.237 e. The summed E-state index contributed by atoms with van der Waals surface area (Å²) in [6.45, 7) is 6.05. The molecular weight excluding hydrogens is 362 g/mol. The Morgan fingerprint density at radius 1 is 1.38 bits per heavy atom. The minimum atomic E-state index is -0.138. The Labute approximate surface area is 173 Å². The van der Waals surface area contributed by atoms with E-state index in [0.29, 0.717) is 11.5 Å². The zero-order chi connectivity index (χ0) is 20.8. The van der Waals surface area contributed by atoms with Crippen molar-refractivity contribution < 1.29 is 4.79 Å². The second kappa shape index (κ2) is 9.71. The molecule has 6 heteroatoms. The van der Waals surface area contributed by atoms with Gasteiger partial charge in [0.2, 0.25) is 5.91 Å². The Morgan fingerprint density at radius 3 is 2.93 bits per heavy atom. The molecule has 154 valence electrons. The molecule has 0 saturated carbocycles. The Bertz CT molecular complexity index is 890. The molecule has 1 aromatic heterocycles. The van der Waals surface area contributed by atoms with Crippen LogP contribution in [0.4, 0.5) is 5.69 Å². The number of hydrogen-bond donors (Lipinski definition) is 2. The Kier molecular flexibility index (Phi) is 7.05. The fourth-order valence-electron chi connectivity index (χ4n) is 4.29. The van der Waals surface area contributed by atoms with E-state index < -0.39 is 0 Å². The lowest BCUT2D eigenvalue weighted by atomic mass is 9.94. The van der Waals surface area contributed by atoms with E-state index in [0.717, 1.165) is 55.4 Å². The van der Waals surface area contributed by atoms with Crippen molar-refractivity contribution in [3.63, 3.8) is 0 Å². The van der Waals surface area contributed by atoms with E-state index in [4.69, 9.17) is 0 Å². The molecule has 2 aromatic rings. The summed E-state index contributed by atoms with van der Waals surface area (Å²) in [5.74, 6) is 0.548. The topological polar surface area (TPSA) is 81.0 Å². The highest BCUT2D eigenvalue weighted by Gasteiger charge is 2.28. The number of amides is 1. The van der Waals surface area contributed by atoms with Crippen LogP contribution < -0.4 is 15.5 Å². The van der Waals surface area contributed by atoms with Gasteiger partial charge in [0.15, 0.2) is 0 Å². The monoisotopic (exact) mass is 393 g/mol. The second-order valence-electron chi connectivity index (χ2n) is 8.08. The number of carbonyl (C=O) groups excluding carboxylic acids is 1. The normalized spacial score (nSPS) is 20.3. The van der Waals surface area contributed by atoms with E-state index in [9.17, 15) is 10.1 Å². The zero-order valence-electron chi connectivity index (χ0n) is 17.6. The molecule has 0 spiro atoms. The first kappa shape index (κ1) is 21.1. The highest BCUT2D eigenvalue weighted by Crippen LogP contribution is 2.31. The van der Waals surface area contributed by atoms with E-state index in [2.05, 4.69) is 40.4 Å². The molecule has 0 bridgehead atoms. The number of piperidine rings is 1. The van der Waals surface area contributed by atoms with Crippen molar-refractivity contribution in [2.24, 2.45) is 5.92 Å². The Hall–Kier alpha value is -2.65. The molecule has 0 unspecified atom stereocenters. The molecule has 1 aromatic carbocycles. The molecule has 0 radical (unpaired) electrons. The van der Waals surface area contributed by atoms with Gasteiger partial charge >= 0.3 is 0 Å². The number of nitrogens with one attached hydrogen (secondary N) is 2. The SMILES string of the molecule is CCCC[C@H](NC)C(=O)N[C@@H]1C[C@H](C)CN(c2ccc(C#N)c3ncccc23)C1. The van der Waals surface area contributed by atoms with Gasteiger partial charge in [-0.1, -0.05) is 26.7 Å². The van der Waals surface area contributed by atoms with Crippen LogP contribution in [0.15, 0.2) is 30.5 Å². The van der Waals surface area contributed by atoms with E-state index >= 15 is 0 Å². The fraction of sp³-hybridized carbons (Fsp3) is 0.522. The first-order valence-electron chi connectivity index (χ1n) is 10.6. The number of likely N-dealkylation sites (N-methyl/N-ethyl adjacent to an activating group) is 1. The van der Waals surface area contributed by atoms with Gasteiger partial charge < -0.3 is 15.5 Å². The minimum Gasteiger partial charge on any atom is -0.369 e. The molecule has 6 nitrogen and oxygen atoms in total. The van der Waals surface area contributed by atoms with Crippen LogP contribution in [0.25, 0.3) is 10.9 Å². The molecule has 29 heavy (non-hydrogen) atoms. The first-order valence-corrected chi connectivity index (χ1v) is 10.6. The van der Waals surface area contributed by atoms with Gasteiger partial charge in [-0.05, 0) is 50.1 Å². The highest BCUT2D eigenvalue weighted by molar-refractivity contribution is 5.95. The quantitative estimate of drug-likeness (QED) is 0.755. The molecule has 1 saturated heterocycles. The van der Waals surface area contributed by atoms with Crippen LogP contribution in [-0.2, 0) is 4.79 Å².